The first kappa shape index (κ1) is 24.4. The van der Waals surface area contributed by atoms with Gasteiger partial charge in [0.2, 0.25) is 5.75 Å². The molecule has 0 radical (unpaired) electrons. The van der Waals surface area contributed by atoms with E-state index < -0.39 is 5.82 Å². The van der Waals surface area contributed by atoms with Gasteiger partial charge in [0.25, 0.3) is 0 Å². The largest absolute Gasteiger partial charge is 0.493 e. The highest BCUT2D eigenvalue weighted by Crippen LogP contribution is 2.39. The summed E-state index contributed by atoms with van der Waals surface area (Å²) in [6.45, 7) is 0. The Bertz CT molecular complexity index is 1180. The van der Waals surface area contributed by atoms with Gasteiger partial charge >= 0.3 is 0 Å². The Hall–Kier alpha value is -4.26. The molecule has 0 bridgehead atoms. The average Bonchev–Trinajstić information content (AvgIpc) is 2.87. The molecule has 0 aromatic heterocycles. The van der Waals surface area contributed by atoms with Gasteiger partial charge in [0.15, 0.2) is 28.8 Å². The Morgan fingerprint density at radius 1 is 0.794 bits per heavy atom. The van der Waals surface area contributed by atoms with Crippen LogP contribution >= 0.6 is 0 Å². The van der Waals surface area contributed by atoms with Gasteiger partial charge in [0, 0.05) is 17.8 Å². The zero-order valence-corrected chi connectivity index (χ0v) is 19.4. The van der Waals surface area contributed by atoms with Crippen LogP contribution < -0.4 is 24.3 Å². The summed E-state index contributed by atoms with van der Waals surface area (Å²) in [6.07, 6.45) is 6.38. The molecular formula is C27H26FNO5. The van der Waals surface area contributed by atoms with E-state index in [4.69, 9.17) is 18.9 Å². The maximum absolute atomic E-state index is 14.7. The zero-order valence-electron chi connectivity index (χ0n) is 19.4. The number of ether oxygens (including phenoxy) is 4. The third-order valence-electron chi connectivity index (χ3n) is 4.96. The molecule has 176 valence electrons. The van der Waals surface area contributed by atoms with E-state index in [0.29, 0.717) is 34.1 Å². The minimum absolute atomic E-state index is 0.0433. The van der Waals surface area contributed by atoms with Crippen LogP contribution in [0.3, 0.4) is 0 Å². The lowest BCUT2D eigenvalue weighted by atomic mass is 10.1. The minimum Gasteiger partial charge on any atom is -0.493 e. The van der Waals surface area contributed by atoms with Gasteiger partial charge in [-0.2, -0.15) is 0 Å². The first-order chi connectivity index (χ1) is 16.5. The highest BCUT2D eigenvalue weighted by Gasteiger charge is 2.13. The van der Waals surface area contributed by atoms with Gasteiger partial charge in [0.1, 0.15) is 0 Å². The van der Waals surface area contributed by atoms with Crippen molar-refractivity contribution in [2.45, 2.75) is 0 Å². The van der Waals surface area contributed by atoms with E-state index in [2.05, 4.69) is 5.32 Å². The third kappa shape index (κ3) is 5.75. The van der Waals surface area contributed by atoms with Crippen molar-refractivity contribution in [3.05, 3.63) is 89.4 Å². The minimum atomic E-state index is -0.542. The molecule has 0 spiro atoms. The van der Waals surface area contributed by atoms with Crippen LogP contribution in [0.1, 0.15) is 21.5 Å². The fraction of sp³-hybridized carbons (Fsp3) is 0.148. The summed E-state index contributed by atoms with van der Waals surface area (Å²) in [5, 5.41) is 2.94. The number of carbonyl (C=O) groups is 1. The summed E-state index contributed by atoms with van der Waals surface area (Å²) < 4.78 is 36.0. The second-order valence-electron chi connectivity index (χ2n) is 7.08. The number of ketones is 1. The normalized spacial score (nSPS) is 11.0. The number of allylic oxidation sites excluding steroid dienone is 1. The SMILES string of the molecule is COc1cc(/C=C/c2cc(F)c(OC)c(N/C=C\C(=O)c3ccccc3)c2)cc(OC)c1OC. The van der Waals surface area contributed by atoms with Crippen molar-refractivity contribution in [3.63, 3.8) is 0 Å². The molecule has 3 aromatic carbocycles. The molecule has 0 fully saturated rings. The molecule has 0 unspecified atom stereocenters. The zero-order chi connectivity index (χ0) is 24.5. The van der Waals surface area contributed by atoms with Crippen LogP contribution in [-0.2, 0) is 0 Å². The van der Waals surface area contributed by atoms with Crippen LogP contribution in [0, 0.1) is 5.82 Å². The van der Waals surface area contributed by atoms with E-state index in [1.807, 2.05) is 6.07 Å². The molecule has 0 saturated heterocycles. The smallest absolute Gasteiger partial charge is 0.203 e. The van der Waals surface area contributed by atoms with Crippen molar-refractivity contribution in [1.29, 1.82) is 0 Å². The van der Waals surface area contributed by atoms with Crippen molar-refractivity contribution < 1.29 is 28.1 Å². The van der Waals surface area contributed by atoms with E-state index in [1.54, 1.807) is 54.6 Å². The van der Waals surface area contributed by atoms with Gasteiger partial charge in [0.05, 0.1) is 34.1 Å². The van der Waals surface area contributed by atoms with Crippen LogP contribution in [0.4, 0.5) is 10.1 Å². The van der Waals surface area contributed by atoms with Crippen LogP contribution in [0.25, 0.3) is 12.2 Å². The molecule has 0 aliphatic carbocycles. The number of rotatable bonds is 10. The summed E-state index contributed by atoms with van der Waals surface area (Å²) >= 11 is 0. The van der Waals surface area contributed by atoms with Crippen molar-refractivity contribution >= 4 is 23.6 Å². The molecule has 3 rings (SSSR count). The molecular weight excluding hydrogens is 437 g/mol. The first-order valence-electron chi connectivity index (χ1n) is 10.4. The highest BCUT2D eigenvalue weighted by molar-refractivity contribution is 6.04. The van der Waals surface area contributed by atoms with Gasteiger partial charge in [-0.3, -0.25) is 4.79 Å². The molecule has 0 saturated carbocycles. The molecule has 7 heteroatoms. The monoisotopic (exact) mass is 463 g/mol. The van der Waals surface area contributed by atoms with Gasteiger partial charge in [-0.25, -0.2) is 4.39 Å². The fourth-order valence-electron chi connectivity index (χ4n) is 3.32. The van der Waals surface area contributed by atoms with Gasteiger partial charge < -0.3 is 24.3 Å². The maximum atomic E-state index is 14.7. The molecule has 6 nitrogen and oxygen atoms in total. The van der Waals surface area contributed by atoms with Crippen LogP contribution in [-0.4, -0.2) is 34.2 Å². The lowest BCUT2D eigenvalue weighted by Gasteiger charge is -2.13. The predicted octanol–water partition coefficient (Wildman–Crippen LogP) is 5.84. The Balaban J connectivity index is 1.86. The number of nitrogens with one attached hydrogen (secondary N) is 1. The van der Waals surface area contributed by atoms with Crippen molar-refractivity contribution in [2.24, 2.45) is 0 Å². The summed E-state index contributed by atoms with van der Waals surface area (Å²) in [5.74, 6) is 0.838. The second-order valence-corrected chi connectivity index (χ2v) is 7.08. The van der Waals surface area contributed by atoms with Crippen LogP contribution in [0.15, 0.2) is 66.9 Å². The number of hydrogen-bond donors (Lipinski definition) is 1. The summed E-state index contributed by atoms with van der Waals surface area (Å²) in [6, 6.07) is 15.5. The average molecular weight is 464 g/mol. The van der Waals surface area contributed by atoms with Crippen molar-refractivity contribution in [2.75, 3.05) is 33.8 Å². The van der Waals surface area contributed by atoms with Gasteiger partial charge in [-0.15, -0.1) is 0 Å². The van der Waals surface area contributed by atoms with E-state index in [9.17, 15) is 9.18 Å². The Morgan fingerprint density at radius 3 is 1.94 bits per heavy atom. The molecule has 34 heavy (non-hydrogen) atoms. The maximum Gasteiger partial charge on any atom is 0.203 e. The number of carbonyl (C=O) groups excluding carboxylic acids is 1. The predicted molar refractivity (Wildman–Crippen MR) is 132 cm³/mol. The van der Waals surface area contributed by atoms with Crippen molar-refractivity contribution in [1.82, 2.24) is 0 Å². The van der Waals surface area contributed by atoms with Crippen molar-refractivity contribution in [3.8, 4) is 23.0 Å². The Labute approximate surface area is 198 Å². The van der Waals surface area contributed by atoms with Crippen LogP contribution in [0.5, 0.6) is 23.0 Å². The molecule has 0 amide bonds. The quantitative estimate of drug-likeness (QED) is 0.232. The Kier molecular flexibility index (Phi) is 8.29. The van der Waals surface area contributed by atoms with E-state index in [1.165, 1.54) is 46.8 Å². The lowest BCUT2D eigenvalue weighted by Crippen LogP contribution is -1.99. The highest BCUT2D eigenvalue weighted by atomic mass is 19.1. The summed E-state index contributed by atoms with van der Waals surface area (Å²) in [4.78, 5) is 12.3. The standard InChI is InChI=1S/C27H26FNO5/c1-31-24-16-19(17-25(32-2)27(24)34-4)11-10-18-14-21(28)26(33-3)22(15-18)29-13-12-23(30)20-8-6-5-7-9-20/h5-17,29H,1-4H3/b11-10+,13-12-. The summed E-state index contributed by atoms with van der Waals surface area (Å²) in [7, 11) is 6.00. The van der Waals surface area contributed by atoms with Crippen LogP contribution in [0.2, 0.25) is 0 Å². The third-order valence-corrected chi connectivity index (χ3v) is 4.96. The van der Waals surface area contributed by atoms with E-state index in [-0.39, 0.29) is 11.5 Å². The summed E-state index contributed by atoms with van der Waals surface area (Å²) in [5.41, 5.74) is 2.29. The van der Waals surface area contributed by atoms with Gasteiger partial charge in [-0.1, -0.05) is 42.5 Å². The second kappa shape index (κ2) is 11.6. The van der Waals surface area contributed by atoms with E-state index >= 15 is 0 Å². The molecule has 0 aliphatic rings. The van der Waals surface area contributed by atoms with Gasteiger partial charge in [-0.05, 0) is 35.4 Å². The molecule has 0 heterocycles. The number of halogens is 1. The molecule has 0 aliphatic heterocycles. The lowest BCUT2D eigenvalue weighted by molar-refractivity contribution is 0.104. The molecule has 3 aromatic rings. The first-order valence-corrected chi connectivity index (χ1v) is 10.4. The number of anilines is 1. The number of benzene rings is 3. The fourth-order valence-corrected chi connectivity index (χ4v) is 3.32. The molecule has 0 atom stereocenters. The Morgan fingerprint density at radius 2 is 1.38 bits per heavy atom. The number of methoxy groups -OCH3 is 4. The topological polar surface area (TPSA) is 66.0 Å². The number of hydrogen-bond acceptors (Lipinski definition) is 6. The molecule has 1 N–H and O–H groups in total. The van der Waals surface area contributed by atoms with E-state index in [0.717, 1.165) is 5.56 Å².